The van der Waals surface area contributed by atoms with Gasteiger partial charge in [0.05, 0.1) is 25.9 Å². The number of aromatic amines is 1. The van der Waals surface area contributed by atoms with Crippen LogP contribution < -0.4 is 14.8 Å². The molecule has 1 aliphatic rings. The summed E-state index contributed by atoms with van der Waals surface area (Å²) in [6, 6.07) is 16.4. The standard InChI is InChI=1S/C32H29F3N2O5/c1-41-25-12-9-21(22(15-25)18-38)8-6-20-7-13-29(42-32(33,34)35)27(14-20)30(40)37-31(19-39,24-10-11-24)16-23-17-36-28-5-3-2-4-26(23)28/h2-5,7,9-10,12-15,17,30,36-40H,11,16,18-19H2,1H3. The molecule has 4 aromatic rings. The van der Waals surface area contributed by atoms with Gasteiger partial charge in [0.2, 0.25) is 0 Å². The molecule has 0 amide bonds. The van der Waals surface area contributed by atoms with Crippen molar-refractivity contribution in [1.82, 2.24) is 10.3 Å². The molecule has 0 bridgehead atoms. The molecular weight excluding hydrogens is 549 g/mol. The van der Waals surface area contributed by atoms with Crippen molar-refractivity contribution in [2.45, 2.75) is 37.6 Å². The molecule has 7 nitrogen and oxygen atoms in total. The molecule has 0 saturated carbocycles. The number of halogens is 3. The van der Waals surface area contributed by atoms with Crippen LogP contribution in [0.4, 0.5) is 13.2 Å². The van der Waals surface area contributed by atoms with Crippen LogP contribution in [0.1, 0.15) is 40.5 Å². The third kappa shape index (κ3) is 6.45. The number of fused-ring (bicyclic) bond motifs is 1. The van der Waals surface area contributed by atoms with E-state index in [0.717, 1.165) is 28.1 Å². The molecule has 218 valence electrons. The van der Waals surface area contributed by atoms with Crippen LogP contribution in [0.25, 0.3) is 10.9 Å². The van der Waals surface area contributed by atoms with E-state index in [1.165, 1.54) is 19.2 Å². The van der Waals surface area contributed by atoms with Crippen LogP contribution in [0, 0.1) is 11.8 Å². The third-order valence-electron chi connectivity index (χ3n) is 7.23. The van der Waals surface area contributed by atoms with E-state index < -0.39 is 30.5 Å². The Morgan fingerprint density at radius 3 is 2.50 bits per heavy atom. The van der Waals surface area contributed by atoms with Gasteiger partial charge in [-0.05, 0) is 72.0 Å². The van der Waals surface area contributed by atoms with Crippen LogP contribution >= 0.6 is 0 Å². The second kappa shape index (κ2) is 11.9. The monoisotopic (exact) mass is 578 g/mol. The average Bonchev–Trinajstić information content (AvgIpc) is 3.77. The summed E-state index contributed by atoms with van der Waals surface area (Å²) in [6.45, 7) is -0.700. The van der Waals surface area contributed by atoms with E-state index in [2.05, 4.69) is 26.9 Å². The number of hydrogen-bond acceptors (Lipinski definition) is 6. The SMILES string of the molecule is COc1ccc(C#Cc2ccc(OC(F)(F)F)c(C(O)NC(CO)(Cc3c[nH]c4ccccc34)C3=CC3)c2)c(CO)c1. The van der Waals surface area contributed by atoms with Crippen LogP contribution in [0.5, 0.6) is 11.5 Å². The molecule has 1 aromatic heterocycles. The van der Waals surface area contributed by atoms with Gasteiger partial charge < -0.3 is 29.8 Å². The van der Waals surface area contributed by atoms with Gasteiger partial charge in [-0.3, -0.25) is 5.32 Å². The number of aliphatic hydroxyl groups excluding tert-OH is 3. The summed E-state index contributed by atoms with van der Waals surface area (Å²) in [5, 5.41) is 35.6. The molecule has 1 aliphatic carbocycles. The lowest BCUT2D eigenvalue weighted by Gasteiger charge is -2.34. The van der Waals surface area contributed by atoms with Gasteiger partial charge in [-0.1, -0.05) is 36.1 Å². The number of H-pyrrole nitrogens is 1. The number of alkyl halides is 3. The topological polar surface area (TPSA) is 107 Å². The molecule has 3 aromatic carbocycles. The van der Waals surface area contributed by atoms with Gasteiger partial charge in [0.15, 0.2) is 0 Å². The highest BCUT2D eigenvalue weighted by atomic mass is 19.4. The number of hydrogen-bond donors (Lipinski definition) is 5. The van der Waals surface area contributed by atoms with Gasteiger partial charge in [0.25, 0.3) is 0 Å². The van der Waals surface area contributed by atoms with Crippen molar-refractivity contribution in [3.63, 3.8) is 0 Å². The summed E-state index contributed by atoms with van der Waals surface area (Å²) in [7, 11) is 1.50. The maximum Gasteiger partial charge on any atom is 0.573 e. The Kier molecular flexibility index (Phi) is 8.29. The fraction of sp³-hybridized carbons (Fsp3) is 0.250. The van der Waals surface area contributed by atoms with Crippen molar-refractivity contribution < 1.29 is 38.0 Å². The Balaban J connectivity index is 1.49. The first kappa shape index (κ1) is 29.2. The quantitative estimate of drug-likeness (QED) is 0.105. The number of ether oxygens (including phenoxy) is 2. The van der Waals surface area contributed by atoms with Crippen molar-refractivity contribution in [2.24, 2.45) is 0 Å². The summed E-state index contributed by atoms with van der Waals surface area (Å²) in [5.74, 6) is 5.74. The summed E-state index contributed by atoms with van der Waals surface area (Å²) in [5.41, 5.74) is 2.60. The summed E-state index contributed by atoms with van der Waals surface area (Å²) in [6.07, 6.45) is -2.08. The molecule has 0 saturated heterocycles. The lowest BCUT2D eigenvalue weighted by molar-refractivity contribution is -0.275. The molecule has 42 heavy (non-hydrogen) atoms. The Hall–Kier alpha value is -4.27. The molecule has 2 atom stereocenters. The number of allylic oxidation sites excluding steroid dienone is 1. The number of aliphatic hydroxyl groups is 3. The van der Waals surface area contributed by atoms with Crippen molar-refractivity contribution in [3.8, 4) is 23.3 Å². The number of aromatic nitrogens is 1. The zero-order valence-corrected chi connectivity index (χ0v) is 22.6. The fourth-order valence-corrected chi connectivity index (χ4v) is 4.99. The molecule has 10 heteroatoms. The smallest absolute Gasteiger partial charge is 0.497 e. The number of rotatable bonds is 10. The van der Waals surface area contributed by atoms with E-state index in [1.54, 1.807) is 18.2 Å². The maximum atomic E-state index is 13.3. The predicted octanol–water partition coefficient (Wildman–Crippen LogP) is 4.85. The van der Waals surface area contributed by atoms with E-state index >= 15 is 0 Å². The van der Waals surface area contributed by atoms with E-state index in [0.29, 0.717) is 28.9 Å². The minimum atomic E-state index is -5.00. The molecule has 5 N–H and O–H groups in total. The minimum Gasteiger partial charge on any atom is -0.497 e. The Morgan fingerprint density at radius 2 is 1.81 bits per heavy atom. The number of para-hydroxylation sites is 1. The van der Waals surface area contributed by atoms with Crippen molar-refractivity contribution in [1.29, 1.82) is 0 Å². The highest BCUT2D eigenvalue weighted by Crippen LogP contribution is 2.39. The molecular formula is C32H29F3N2O5. The van der Waals surface area contributed by atoms with E-state index in [-0.39, 0.29) is 18.6 Å². The largest absolute Gasteiger partial charge is 0.573 e. The van der Waals surface area contributed by atoms with Gasteiger partial charge in [-0.25, -0.2) is 0 Å². The van der Waals surface area contributed by atoms with Crippen molar-refractivity contribution in [3.05, 3.63) is 106 Å². The second-order valence-electron chi connectivity index (χ2n) is 9.99. The Labute approximate surface area is 240 Å². The van der Waals surface area contributed by atoms with Crippen LogP contribution in [-0.4, -0.2) is 45.9 Å². The molecule has 0 fully saturated rings. The lowest BCUT2D eigenvalue weighted by atomic mass is 9.87. The molecule has 5 rings (SSSR count). The summed E-state index contributed by atoms with van der Waals surface area (Å²) in [4.78, 5) is 3.19. The number of methoxy groups -OCH3 is 1. The molecule has 1 heterocycles. The van der Waals surface area contributed by atoms with Crippen LogP contribution in [0.3, 0.4) is 0 Å². The Bertz CT molecular complexity index is 1680. The Morgan fingerprint density at radius 1 is 1.02 bits per heavy atom. The van der Waals surface area contributed by atoms with E-state index in [1.807, 2.05) is 36.5 Å². The summed E-state index contributed by atoms with van der Waals surface area (Å²) >= 11 is 0. The van der Waals surface area contributed by atoms with E-state index in [4.69, 9.17) is 4.74 Å². The lowest BCUT2D eigenvalue weighted by Crippen LogP contribution is -2.51. The fourth-order valence-electron chi connectivity index (χ4n) is 4.99. The minimum absolute atomic E-state index is 0.200. The zero-order valence-electron chi connectivity index (χ0n) is 22.6. The molecule has 0 aliphatic heterocycles. The average molecular weight is 579 g/mol. The molecule has 0 radical (unpaired) electrons. The maximum absolute atomic E-state index is 13.3. The highest BCUT2D eigenvalue weighted by molar-refractivity contribution is 5.83. The van der Waals surface area contributed by atoms with E-state index in [9.17, 15) is 28.5 Å². The van der Waals surface area contributed by atoms with Gasteiger partial charge in [-0.15, -0.1) is 13.2 Å². The van der Waals surface area contributed by atoms with Crippen LogP contribution in [-0.2, 0) is 13.0 Å². The highest BCUT2D eigenvalue weighted by Gasteiger charge is 2.41. The van der Waals surface area contributed by atoms with Crippen molar-refractivity contribution in [2.75, 3.05) is 13.7 Å². The van der Waals surface area contributed by atoms with Gasteiger partial charge >= 0.3 is 6.36 Å². The van der Waals surface area contributed by atoms with Gasteiger partial charge in [-0.2, -0.15) is 0 Å². The summed E-state index contributed by atoms with van der Waals surface area (Å²) < 4.78 is 49.3. The normalized spacial score (nSPS) is 14.9. The first-order valence-electron chi connectivity index (χ1n) is 13.2. The third-order valence-corrected chi connectivity index (χ3v) is 7.23. The zero-order chi connectivity index (χ0) is 29.9. The van der Waals surface area contributed by atoms with Crippen LogP contribution in [0.2, 0.25) is 0 Å². The van der Waals surface area contributed by atoms with Crippen molar-refractivity contribution >= 4 is 10.9 Å². The second-order valence-corrected chi connectivity index (χ2v) is 9.99. The van der Waals surface area contributed by atoms with Gasteiger partial charge in [0, 0.05) is 33.8 Å². The van der Waals surface area contributed by atoms with Gasteiger partial charge in [0.1, 0.15) is 17.7 Å². The van der Waals surface area contributed by atoms with Crippen LogP contribution in [0.15, 0.2) is 78.5 Å². The number of benzene rings is 3. The number of nitrogens with one attached hydrogen (secondary N) is 2. The first-order chi connectivity index (χ1) is 20.1. The molecule has 0 spiro atoms. The first-order valence-corrected chi connectivity index (χ1v) is 13.2. The molecule has 2 unspecified atom stereocenters. The predicted molar refractivity (Wildman–Crippen MR) is 151 cm³/mol.